The lowest BCUT2D eigenvalue weighted by atomic mass is 10.3. The zero-order chi connectivity index (χ0) is 13.0. The van der Waals surface area contributed by atoms with Crippen LogP contribution < -0.4 is 5.32 Å². The van der Waals surface area contributed by atoms with Crippen LogP contribution in [-0.4, -0.2) is 18.2 Å². The van der Waals surface area contributed by atoms with Crippen LogP contribution in [0.25, 0.3) is 0 Å². The Morgan fingerprint density at radius 1 is 1.50 bits per heavy atom. The molecule has 0 aliphatic rings. The molecule has 0 atom stereocenters. The Kier molecular flexibility index (Phi) is 4.32. The van der Waals surface area contributed by atoms with Gasteiger partial charge in [-0.1, -0.05) is 11.2 Å². The van der Waals surface area contributed by atoms with E-state index in [1.165, 1.54) is 0 Å². The Morgan fingerprint density at radius 2 is 2.33 bits per heavy atom. The molecule has 6 heteroatoms. The topological polar surface area (TPSA) is 64.4 Å². The molecule has 5 nitrogen and oxygen atoms in total. The lowest BCUT2D eigenvalue weighted by molar-refractivity contribution is 0.101. The highest BCUT2D eigenvalue weighted by atomic mass is 127. The Labute approximate surface area is 118 Å². The fourth-order valence-corrected chi connectivity index (χ4v) is 1.93. The molecule has 0 aliphatic carbocycles. The summed E-state index contributed by atoms with van der Waals surface area (Å²) < 4.78 is 10.9. The fraction of sp³-hybridized carbons (Fsp3) is 0.167. The van der Waals surface area contributed by atoms with Gasteiger partial charge in [-0.05, 0) is 40.8 Å². The van der Waals surface area contributed by atoms with E-state index in [4.69, 9.17) is 9.26 Å². The van der Waals surface area contributed by atoms with Crippen molar-refractivity contribution in [1.82, 2.24) is 5.16 Å². The van der Waals surface area contributed by atoms with Gasteiger partial charge in [-0.2, -0.15) is 0 Å². The van der Waals surface area contributed by atoms with Gasteiger partial charge in [0.05, 0.1) is 0 Å². The van der Waals surface area contributed by atoms with Crippen LogP contribution >= 0.6 is 22.6 Å². The van der Waals surface area contributed by atoms with Gasteiger partial charge in [0.15, 0.2) is 11.5 Å². The number of ether oxygens (including phenoxy) is 1. The van der Waals surface area contributed by atoms with E-state index in [9.17, 15) is 4.79 Å². The van der Waals surface area contributed by atoms with Crippen molar-refractivity contribution >= 4 is 34.2 Å². The molecule has 0 saturated carbocycles. The van der Waals surface area contributed by atoms with Crippen molar-refractivity contribution in [3.63, 3.8) is 0 Å². The third kappa shape index (κ3) is 3.30. The average Bonchev–Trinajstić information content (AvgIpc) is 2.78. The Morgan fingerprint density at radius 3 is 3.06 bits per heavy atom. The van der Waals surface area contributed by atoms with Crippen molar-refractivity contribution in [3.8, 4) is 0 Å². The molecule has 1 amide bonds. The molecule has 2 rings (SSSR count). The summed E-state index contributed by atoms with van der Waals surface area (Å²) in [5, 5.41) is 6.43. The van der Waals surface area contributed by atoms with Gasteiger partial charge in [-0.3, -0.25) is 4.79 Å². The number of hydrogen-bond acceptors (Lipinski definition) is 4. The van der Waals surface area contributed by atoms with E-state index < -0.39 is 0 Å². The first-order chi connectivity index (χ1) is 8.69. The average molecular weight is 358 g/mol. The molecule has 1 aromatic carbocycles. The van der Waals surface area contributed by atoms with Crippen LogP contribution in [0.3, 0.4) is 0 Å². The van der Waals surface area contributed by atoms with Crippen LogP contribution in [0.4, 0.5) is 5.69 Å². The number of amides is 1. The Balaban J connectivity index is 2.07. The van der Waals surface area contributed by atoms with Gasteiger partial charge in [0.2, 0.25) is 0 Å². The van der Waals surface area contributed by atoms with Gasteiger partial charge in [-0.15, -0.1) is 0 Å². The van der Waals surface area contributed by atoms with Crippen molar-refractivity contribution in [1.29, 1.82) is 0 Å². The fourth-order valence-electron chi connectivity index (χ4n) is 1.39. The highest BCUT2D eigenvalue weighted by Crippen LogP contribution is 2.14. The zero-order valence-corrected chi connectivity index (χ0v) is 11.8. The van der Waals surface area contributed by atoms with Crippen molar-refractivity contribution < 1.29 is 14.1 Å². The SMILES string of the molecule is COCc1cc(C(=O)Nc2cccc(I)c2)no1. The zero-order valence-electron chi connectivity index (χ0n) is 9.64. The summed E-state index contributed by atoms with van der Waals surface area (Å²) in [6, 6.07) is 9.07. The second-order valence-corrected chi connectivity index (χ2v) is 4.82. The molecule has 0 radical (unpaired) electrons. The summed E-state index contributed by atoms with van der Waals surface area (Å²) in [5.74, 6) is 0.216. The van der Waals surface area contributed by atoms with Crippen LogP contribution in [0.5, 0.6) is 0 Å². The number of hydrogen-bond donors (Lipinski definition) is 1. The predicted octanol–water partition coefficient (Wildman–Crippen LogP) is 2.68. The molecule has 0 unspecified atom stereocenters. The second kappa shape index (κ2) is 5.96. The number of rotatable bonds is 4. The molecule has 1 heterocycles. The van der Waals surface area contributed by atoms with Gasteiger partial charge >= 0.3 is 0 Å². The summed E-state index contributed by atoms with van der Waals surface area (Å²) >= 11 is 2.18. The maximum absolute atomic E-state index is 11.9. The molecule has 94 valence electrons. The smallest absolute Gasteiger partial charge is 0.277 e. The molecule has 18 heavy (non-hydrogen) atoms. The normalized spacial score (nSPS) is 10.3. The largest absolute Gasteiger partial charge is 0.377 e. The summed E-state index contributed by atoms with van der Waals surface area (Å²) in [5.41, 5.74) is 0.962. The minimum absolute atomic E-state index is 0.237. The first-order valence-electron chi connectivity index (χ1n) is 5.20. The van der Waals surface area contributed by atoms with E-state index >= 15 is 0 Å². The minimum atomic E-state index is -0.303. The van der Waals surface area contributed by atoms with E-state index in [2.05, 4.69) is 33.1 Å². The quantitative estimate of drug-likeness (QED) is 0.854. The van der Waals surface area contributed by atoms with E-state index in [1.807, 2.05) is 24.3 Å². The van der Waals surface area contributed by atoms with Gasteiger partial charge < -0.3 is 14.6 Å². The number of nitrogens with one attached hydrogen (secondary N) is 1. The number of aromatic nitrogens is 1. The van der Waals surface area contributed by atoms with Crippen molar-refractivity contribution in [2.75, 3.05) is 12.4 Å². The molecule has 0 fully saturated rings. The van der Waals surface area contributed by atoms with Crippen LogP contribution in [0, 0.1) is 3.57 Å². The number of halogens is 1. The number of anilines is 1. The Bertz CT molecular complexity index is 554. The highest BCUT2D eigenvalue weighted by molar-refractivity contribution is 14.1. The number of methoxy groups -OCH3 is 1. The minimum Gasteiger partial charge on any atom is -0.377 e. The van der Waals surface area contributed by atoms with Gasteiger partial charge in [-0.25, -0.2) is 0 Å². The molecule has 0 saturated heterocycles. The van der Waals surface area contributed by atoms with Crippen molar-refractivity contribution in [3.05, 3.63) is 45.4 Å². The lowest BCUT2D eigenvalue weighted by Gasteiger charge is -2.02. The monoisotopic (exact) mass is 358 g/mol. The molecule has 0 bridgehead atoms. The maximum Gasteiger partial charge on any atom is 0.277 e. The van der Waals surface area contributed by atoms with Crippen molar-refractivity contribution in [2.24, 2.45) is 0 Å². The summed E-state index contributed by atoms with van der Waals surface area (Å²) in [4.78, 5) is 11.9. The van der Waals surface area contributed by atoms with Crippen LogP contribution in [0.15, 0.2) is 34.9 Å². The number of benzene rings is 1. The first kappa shape index (κ1) is 13.0. The van der Waals surface area contributed by atoms with Gasteiger partial charge in [0.25, 0.3) is 5.91 Å². The molecule has 0 spiro atoms. The number of nitrogens with zero attached hydrogens (tertiary/aromatic N) is 1. The van der Waals surface area contributed by atoms with Crippen molar-refractivity contribution in [2.45, 2.75) is 6.61 Å². The van der Waals surface area contributed by atoms with Crippen LogP contribution in [-0.2, 0) is 11.3 Å². The molecular weight excluding hydrogens is 347 g/mol. The predicted molar refractivity (Wildman–Crippen MR) is 74.3 cm³/mol. The molecule has 1 N–H and O–H groups in total. The number of carbonyl (C=O) groups excluding carboxylic acids is 1. The van der Waals surface area contributed by atoms with E-state index in [1.54, 1.807) is 13.2 Å². The Hall–Kier alpha value is -1.41. The molecule has 2 aromatic rings. The highest BCUT2D eigenvalue weighted by Gasteiger charge is 2.12. The molecule has 0 aliphatic heterocycles. The standard InChI is InChI=1S/C12H11IN2O3/c1-17-7-10-6-11(15-18-10)12(16)14-9-4-2-3-8(13)5-9/h2-6H,7H2,1H3,(H,14,16). The number of carbonyl (C=O) groups is 1. The third-order valence-corrected chi connectivity index (χ3v) is 2.83. The summed E-state index contributed by atoms with van der Waals surface area (Å²) in [7, 11) is 1.55. The maximum atomic E-state index is 11.9. The summed E-state index contributed by atoms with van der Waals surface area (Å²) in [6.45, 7) is 0.295. The van der Waals surface area contributed by atoms with Crippen LogP contribution in [0.1, 0.15) is 16.2 Å². The van der Waals surface area contributed by atoms with E-state index in [0.29, 0.717) is 12.4 Å². The van der Waals surface area contributed by atoms with Gasteiger partial charge in [0, 0.05) is 22.4 Å². The molecular formula is C12H11IN2O3. The van der Waals surface area contributed by atoms with Gasteiger partial charge in [0.1, 0.15) is 6.61 Å². The van der Waals surface area contributed by atoms with E-state index in [0.717, 1.165) is 9.26 Å². The first-order valence-corrected chi connectivity index (χ1v) is 6.28. The lowest BCUT2D eigenvalue weighted by Crippen LogP contribution is -2.12. The van der Waals surface area contributed by atoms with Crippen LogP contribution in [0.2, 0.25) is 0 Å². The van der Waals surface area contributed by atoms with E-state index in [-0.39, 0.29) is 11.6 Å². The third-order valence-electron chi connectivity index (χ3n) is 2.16. The summed E-state index contributed by atoms with van der Waals surface area (Å²) in [6.07, 6.45) is 0. The molecule has 1 aromatic heterocycles. The second-order valence-electron chi connectivity index (χ2n) is 3.58.